The number of anilines is 3. The van der Waals surface area contributed by atoms with Gasteiger partial charge in [-0.2, -0.15) is 5.10 Å². The third kappa shape index (κ3) is 5.44. The average Bonchev–Trinajstić information content (AvgIpc) is 3.65. The Labute approximate surface area is 184 Å². The van der Waals surface area contributed by atoms with Crippen molar-refractivity contribution in [2.24, 2.45) is 5.10 Å². The van der Waals surface area contributed by atoms with E-state index in [0.717, 1.165) is 48.1 Å². The molecule has 1 aliphatic heterocycles. The second-order valence-corrected chi connectivity index (χ2v) is 7.39. The first-order chi connectivity index (χ1) is 15.3. The van der Waals surface area contributed by atoms with Gasteiger partial charge in [0.1, 0.15) is 18.5 Å². The Morgan fingerprint density at radius 3 is 2.06 bits per heavy atom. The molecule has 0 N–H and O–H groups in total. The summed E-state index contributed by atoms with van der Waals surface area (Å²) >= 11 is 0. The van der Waals surface area contributed by atoms with E-state index in [1.807, 2.05) is 47.6 Å². The highest BCUT2D eigenvalue weighted by molar-refractivity contribution is 5.86. The molecule has 1 aliphatic rings. The molecule has 5 heteroatoms. The molecule has 0 aliphatic carbocycles. The minimum atomic E-state index is 0.201. The lowest BCUT2D eigenvalue weighted by atomic mass is 10.1. The van der Waals surface area contributed by atoms with Crippen molar-refractivity contribution < 1.29 is 9.47 Å². The van der Waals surface area contributed by atoms with Crippen LogP contribution in [0.5, 0.6) is 5.75 Å². The molecule has 0 radical (unpaired) electrons. The van der Waals surface area contributed by atoms with Crippen LogP contribution in [0.15, 0.2) is 84.0 Å². The topological polar surface area (TPSA) is 40.6 Å². The number of epoxide rings is 1. The van der Waals surface area contributed by atoms with Gasteiger partial charge in [-0.05, 0) is 50.2 Å². The van der Waals surface area contributed by atoms with E-state index in [4.69, 9.17) is 14.6 Å². The van der Waals surface area contributed by atoms with Crippen LogP contribution in [0.4, 0.5) is 17.1 Å². The number of ether oxygens (including phenoxy) is 2. The zero-order valence-electron chi connectivity index (χ0n) is 18.1. The summed E-state index contributed by atoms with van der Waals surface area (Å²) in [5.74, 6) is 0.824. The van der Waals surface area contributed by atoms with Gasteiger partial charge in [-0.1, -0.05) is 36.4 Å². The van der Waals surface area contributed by atoms with Crippen LogP contribution in [0.25, 0.3) is 0 Å². The molecule has 3 aromatic carbocycles. The fourth-order valence-corrected chi connectivity index (χ4v) is 3.43. The van der Waals surface area contributed by atoms with Gasteiger partial charge in [0, 0.05) is 30.4 Å². The largest absolute Gasteiger partial charge is 0.490 e. The molecule has 1 heterocycles. The molecule has 1 unspecified atom stereocenters. The zero-order valence-corrected chi connectivity index (χ0v) is 18.1. The van der Waals surface area contributed by atoms with Crippen molar-refractivity contribution >= 4 is 23.3 Å². The lowest BCUT2D eigenvalue weighted by Crippen LogP contribution is -2.22. The van der Waals surface area contributed by atoms with Crippen LogP contribution in [-0.2, 0) is 4.74 Å². The van der Waals surface area contributed by atoms with Gasteiger partial charge >= 0.3 is 0 Å². The molecule has 1 atom stereocenters. The summed E-state index contributed by atoms with van der Waals surface area (Å²) in [6.07, 6.45) is 2.07. The minimum absolute atomic E-state index is 0.201. The molecule has 160 valence electrons. The normalized spacial score (nSPS) is 15.1. The summed E-state index contributed by atoms with van der Waals surface area (Å²) in [5.41, 5.74) is 4.09. The first-order valence-electron chi connectivity index (χ1n) is 10.9. The maximum absolute atomic E-state index is 6.12. The molecular formula is C26H29N3O2. The van der Waals surface area contributed by atoms with Crippen LogP contribution in [0.1, 0.15) is 19.4 Å². The maximum Gasteiger partial charge on any atom is 0.130 e. The Hall–Kier alpha value is -3.31. The molecule has 0 amide bonds. The van der Waals surface area contributed by atoms with Crippen LogP contribution in [0.3, 0.4) is 0 Å². The summed E-state index contributed by atoms with van der Waals surface area (Å²) in [7, 11) is 0. The molecule has 0 spiro atoms. The fourth-order valence-electron chi connectivity index (χ4n) is 3.43. The van der Waals surface area contributed by atoms with Gasteiger partial charge in [0.15, 0.2) is 0 Å². The van der Waals surface area contributed by atoms with Crippen molar-refractivity contribution in [2.45, 2.75) is 20.0 Å². The van der Waals surface area contributed by atoms with Crippen molar-refractivity contribution in [2.75, 3.05) is 36.2 Å². The lowest BCUT2D eigenvalue weighted by molar-refractivity contribution is 0.263. The van der Waals surface area contributed by atoms with Crippen molar-refractivity contribution in [1.82, 2.24) is 0 Å². The van der Waals surface area contributed by atoms with Gasteiger partial charge < -0.3 is 14.4 Å². The van der Waals surface area contributed by atoms with Gasteiger partial charge in [0.2, 0.25) is 0 Å². The molecule has 0 bridgehead atoms. The highest BCUT2D eigenvalue weighted by Crippen LogP contribution is 2.28. The first kappa shape index (κ1) is 20.9. The standard InChI is InChI=1S/C26H29N3O2/c1-3-28(4-2)24-16-15-21(26(17-24)31-20-25-19-30-25)18-27-29(22-11-7-5-8-12-22)23-13-9-6-10-14-23/h5-18,25H,3-4,19-20H2,1-2H3. The predicted octanol–water partition coefficient (Wildman–Crippen LogP) is 5.48. The molecule has 3 aromatic rings. The van der Waals surface area contributed by atoms with Crippen molar-refractivity contribution in [3.63, 3.8) is 0 Å². The number of hydrogen-bond acceptors (Lipinski definition) is 5. The van der Waals surface area contributed by atoms with E-state index in [-0.39, 0.29) is 6.10 Å². The second kappa shape index (κ2) is 10.1. The third-order valence-corrected chi connectivity index (χ3v) is 5.27. The van der Waals surface area contributed by atoms with Crippen LogP contribution in [-0.4, -0.2) is 38.6 Å². The third-order valence-electron chi connectivity index (χ3n) is 5.27. The van der Waals surface area contributed by atoms with E-state index in [1.165, 1.54) is 0 Å². The second-order valence-electron chi connectivity index (χ2n) is 7.39. The van der Waals surface area contributed by atoms with Gasteiger partial charge in [-0.15, -0.1) is 0 Å². The smallest absolute Gasteiger partial charge is 0.130 e. The number of hydrazone groups is 1. The van der Waals surface area contributed by atoms with Crippen LogP contribution >= 0.6 is 0 Å². The summed E-state index contributed by atoms with van der Waals surface area (Å²) < 4.78 is 11.4. The minimum Gasteiger partial charge on any atom is -0.490 e. The Bertz CT molecular complexity index is 945. The van der Waals surface area contributed by atoms with Gasteiger partial charge in [0.25, 0.3) is 0 Å². The zero-order chi connectivity index (χ0) is 21.5. The summed E-state index contributed by atoms with van der Waals surface area (Å²) in [6, 6.07) is 26.6. The summed E-state index contributed by atoms with van der Waals surface area (Å²) in [5, 5.41) is 6.77. The van der Waals surface area contributed by atoms with E-state index in [0.29, 0.717) is 6.61 Å². The maximum atomic E-state index is 6.12. The number of rotatable bonds is 10. The highest BCUT2D eigenvalue weighted by Gasteiger charge is 2.23. The summed E-state index contributed by atoms with van der Waals surface area (Å²) in [4.78, 5) is 2.31. The van der Waals surface area contributed by atoms with E-state index >= 15 is 0 Å². The quantitative estimate of drug-likeness (QED) is 0.250. The van der Waals surface area contributed by atoms with Crippen molar-refractivity contribution in [3.8, 4) is 5.75 Å². The van der Waals surface area contributed by atoms with E-state index in [1.54, 1.807) is 0 Å². The lowest BCUT2D eigenvalue weighted by Gasteiger charge is -2.22. The Morgan fingerprint density at radius 1 is 0.903 bits per heavy atom. The highest BCUT2D eigenvalue weighted by atomic mass is 16.6. The van der Waals surface area contributed by atoms with E-state index in [2.05, 4.69) is 61.2 Å². The van der Waals surface area contributed by atoms with Crippen LogP contribution < -0.4 is 14.6 Å². The van der Waals surface area contributed by atoms with E-state index in [9.17, 15) is 0 Å². The molecule has 0 saturated carbocycles. The van der Waals surface area contributed by atoms with Crippen LogP contribution in [0, 0.1) is 0 Å². The molecule has 1 fully saturated rings. The molecule has 0 aromatic heterocycles. The first-order valence-corrected chi connectivity index (χ1v) is 10.9. The Kier molecular flexibility index (Phi) is 6.85. The van der Waals surface area contributed by atoms with Crippen molar-refractivity contribution in [3.05, 3.63) is 84.4 Å². The number of nitrogens with zero attached hydrogens (tertiary/aromatic N) is 3. The number of hydrogen-bond donors (Lipinski definition) is 0. The van der Waals surface area contributed by atoms with Gasteiger partial charge in [-0.3, -0.25) is 0 Å². The molecular weight excluding hydrogens is 386 g/mol. The SMILES string of the molecule is CCN(CC)c1ccc(C=NN(c2ccccc2)c2ccccc2)c(OCC2CO2)c1. The van der Waals surface area contributed by atoms with Gasteiger partial charge in [-0.25, -0.2) is 5.01 Å². The van der Waals surface area contributed by atoms with Crippen molar-refractivity contribution in [1.29, 1.82) is 0 Å². The van der Waals surface area contributed by atoms with Crippen LogP contribution in [0.2, 0.25) is 0 Å². The average molecular weight is 416 g/mol. The number of benzene rings is 3. The monoisotopic (exact) mass is 415 g/mol. The predicted molar refractivity (Wildman–Crippen MR) is 128 cm³/mol. The number of para-hydroxylation sites is 2. The Balaban J connectivity index is 1.66. The molecule has 5 nitrogen and oxygen atoms in total. The Morgan fingerprint density at radius 2 is 1.52 bits per heavy atom. The van der Waals surface area contributed by atoms with E-state index < -0.39 is 0 Å². The fraction of sp³-hybridized carbons (Fsp3) is 0.269. The molecule has 1 saturated heterocycles. The van der Waals surface area contributed by atoms with Gasteiger partial charge in [0.05, 0.1) is 24.2 Å². The summed E-state index contributed by atoms with van der Waals surface area (Å²) in [6.45, 7) is 7.55. The molecule has 31 heavy (non-hydrogen) atoms. The molecule has 4 rings (SSSR count).